The van der Waals surface area contributed by atoms with E-state index in [1.807, 2.05) is 0 Å². The van der Waals surface area contributed by atoms with E-state index in [1.165, 1.54) is 0 Å². The third-order valence-corrected chi connectivity index (χ3v) is 2.85. The number of rotatable bonds is 4. The van der Waals surface area contributed by atoms with Gasteiger partial charge in [0.25, 0.3) is 5.69 Å². The second kappa shape index (κ2) is 5.11. The fraction of sp³-hybridized carbons (Fsp3) is 0.273. The molecule has 1 aliphatic rings. The first-order chi connectivity index (χ1) is 9.38. The summed E-state index contributed by atoms with van der Waals surface area (Å²) in [6, 6.07) is 1.00. The summed E-state index contributed by atoms with van der Waals surface area (Å²) in [5.74, 6) is -2.93. The monoisotopic (exact) mass is 283 g/mol. The molecule has 9 heteroatoms. The van der Waals surface area contributed by atoms with Crippen LogP contribution in [0.1, 0.15) is 16.8 Å². The summed E-state index contributed by atoms with van der Waals surface area (Å²) < 4.78 is 13.4. The number of anilines is 1. The number of halogens is 1. The van der Waals surface area contributed by atoms with Crippen molar-refractivity contribution in [1.29, 1.82) is 0 Å². The normalized spacial score (nSPS) is 17.6. The molecule has 0 aromatic heterocycles. The molecule has 1 aromatic carbocycles. The predicted octanol–water partition coefficient (Wildman–Crippen LogP) is 0.733. The van der Waals surface area contributed by atoms with Crippen molar-refractivity contribution in [3.63, 3.8) is 0 Å². The number of carboxylic acid groups (broad SMARTS) is 1. The first-order valence-electron chi connectivity index (χ1n) is 5.63. The van der Waals surface area contributed by atoms with E-state index < -0.39 is 34.0 Å². The molecule has 106 valence electrons. The zero-order chi connectivity index (χ0) is 14.9. The van der Waals surface area contributed by atoms with Crippen LogP contribution in [0.25, 0.3) is 0 Å². The minimum absolute atomic E-state index is 0.108. The lowest BCUT2D eigenvalue weighted by Gasteiger charge is -2.13. The number of benzene rings is 1. The summed E-state index contributed by atoms with van der Waals surface area (Å²) in [6.07, 6.45) is 0.108. The van der Waals surface area contributed by atoms with Gasteiger partial charge in [-0.15, -0.1) is 0 Å². The fourth-order valence-corrected chi connectivity index (χ4v) is 1.92. The van der Waals surface area contributed by atoms with Crippen LogP contribution in [0, 0.1) is 15.9 Å². The molecule has 1 heterocycles. The van der Waals surface area contributed by atoms with Crippen molar-refractivity contribution in [3.8, 4) is 0 Å². The Morgan fingerprint density at radius 2 is 2.25 bits per heavy atom. The van der Waals surface area contributed by atoms with Gasteiger partial charge in [0, 0.05) is 13.0 Å². The lowest BCUT2D eigenvalue weighted by Crippen LogP contribution is -2.23. The molecule has 1 aromatic rings. The van der Waals surface area contributed by atoms with Gasteiger partial charge in [0.2, 0.25) is 5.91 Å². The Balaban J connectivity index is 2.38. The van der Waals surface area contributed by atoms with Gasteiger partial charge in [-0.2, -0.15) is 0 Å². The molecule has 3 N–H and O–H groups in total. The smallest absolute Gasteiger partial charge is 0.338 e. The Hall–Kier alpha value is -2.71. The van der Waals surface area contributed by atoms with Crippen molar-refractivity contribution in [2.75, 3.05) is 11.9 Å². The SMILES string of the molecule is O=C1CC(Nc2cc(C(=O)O)c(F)cc2[N+](=O)[O-])CN1. The molecule has 1 saturated heterocycles. The van der Waals surface area contributed by atoms with E-state index in [1.54, 1.807) is 0 Å². The summed E-state index contributed by atoms with van der Waals surface area (Å²) in [5.41, 5.74) is -1.38. The molecule has 0 aliphatic carbocycles. The maximum absolute atomic E-state index is 13.4. The maximum atomic E-state index is 13.4. The van der Waals surface area contributed by atoms with E-state index in [-0.39, 0.29) is 24.6 Å². The van der Waals surface area contributed by atoms with Crippen LogP contribution in [-0.4, -0.2) is 34.5 Å². The van der Waals surface area contributed by atoms with Crippen LogP contribution in [0.4, 0.5) is 15.8 Å². The molecule has 0 saturated carbocycles. The van der Waals surface area contributed by atoms with Gasteiger partial charge < -0.3 is 15.7 Å². The Morgan fingerprint density at radius 3 is 2.75 bits per heavy atom. The number of nitrogens with one attached hydrogen (secondary N) is 2. The first kappa shape index (κ1) is 13.7. The lowest BCUT2D eigenvalue weighted by atomic mass is 10.1. The molecule has 0 radical (unpaired) electrons. The summed E-state index contributed by atoms with van der Waals surface area (Å²) in [6.45, 7) is 0.260. The Kier molecular flexibility index (Phi) is 3.51. The molecular formula is C11H10FN3O5. The molecule has 1 unspecified atom stereocenters. The summed E-state index contributed by atoms with van der Waals surface area (Å²) in [7, 11) is 0. The molecule has 20 heavy (non-hydrogen) atoms. The number of amides is 1. The Bertz CT molecular complexity index is 604. The van der Waals surface area contributed by atoms with Gasteiger partial charge in [0.15, 0.2) is 0 Å². The molecular weight excluding hydrogens is 273 g/mol. The van der Waals surface area contributed by atoms with Crippen LogP contribution in [0.5, 0.6) is 0 Å². The topological polar surface area (TPSA) is 122 Å². The van der Waals surface area contributed by atoms with Crippen molar-refractivity contribution >= 4 is 23.3 Å². The minimum atomic E-state index is -1.53. The zero-order valence-electron chi connectivity index (χ0n) is 10.1. The van der Waals surface area contributed by atoms with Crippen LogP contribution < -0.4 is 10.6 Å². The van der Waals surface area contributed by atoms with E-state index in [9.17, 15) is 24.1 Å². The van der Waals surface area contributed by atoms with E-state index in [0.29, 0.717) is 6.07 Å². The summed E-state index contributed by atoms with van der Waals surface area (Å²) >= 11 is 0. The minimum Gasteiger partial charge on any atom is -0.478 e. The second-order valence-electron chi connectivity index (χ2n) is 4.26. The van der Waals surface area contributed by atoms with Crippen molar-refractivity contribution in [2.24, 2.45) is 0 Å². The van der Waals surface area contributed by atoms with Crippen molar-refractivity contribution in [3.05, 3.63) is 33.6 Å². The molecule has 1 amide bonds. The highest BCUT2D eigenvalue weighted by Gasteiger charge is 2.26. The third kappa shape index (κ3) is 2.66. The Morgan fingerprint density at radius 1 is 1.55 bits per heavy atom. The first-order valence-corrected chi connectivity index (χ1v) is 5.63. The molecule has 0 bridgehead atoms. The number of hydrogen-bond donors (Lipinski definition) is 3. The predicted molar refractivity (Wildman–Crippen MR) is 65.1 cm³/mol. The number of aromatic carboxylic acids is 1. The van der Waals surface area contributed by atoms with Crippen molar-refractivity contribution in [1.82, 2.24) is 5.32 Å². The largest absolute Gasteiger partial charge is 0.478 e. The van der Waals surface area contributed by atoms with Gasteiger partial charge in [-0.05, 0) is 6.07 Å². The number of carbonyl (C=O) groups excluding carboxylic acids is 1. The van der Waals surface area contributed by atoms with Gasteiger partial charge in [0.05, 0.1) is 22.6 Å². The number of hydrogen-bond acceptors (Lipinski definition) is 5. The molecule has 2 rings (SSSR count). The number of carbonyl (C=O) groups is 2. The van der Waals surface area contributed by atoms with Gasteiger partial charge >= 0.3 is 5.97 Å². The Labute approximate surface area is 111 Å². The van der Waals surface area contributed by atoms with E-state index in [4.69, 9.17) is 5.11 Å². The van der Waals surface area contributed by atoms with Crippen LogP contribution in [0.2, 0.25) is 0 Å². The third-order valence-electron chi connectivity index (χ3n) is 2.85. The van der Waals surface area contributed by atoms with E-state index in [2.05, 4.69) is 10.6 Å². The molecule has 1 atom stereocenters. The fourth-order valence-electron chi connectivity index (χ4n) is 1.92. The molecule has 1 aliphatic heterocycles. The second-order valence-corrected chi connectivity index (χ2v) is 4.26. The van der Waals surface area contributed by atoms with Gasteiger partial charge in [-0.25, -0.2) is 9.18 Å². The quantitative estimate of drug-likeness (QED) is 0.553. The van der Waals surface area contributed by atoms with Crippen LogP contribution in [0.3, 0.4) is 0 Å². The zero-order valence-corrected chi connectivity index (χ0v) is 10.1. The van der Waals surface area contributed by atoms with Gasteiger partial charge in [-0.3, -0.25) is 14.9 Å². The van der Waals surface area contributed by atoms with Crippen LogP contribution >= 0.6 is 0 Å². The molecule has 0 spiro atoms. The number of carboxylic acids is 1. The average Bonchev–Trinajstić information content (AvgIpc) is 2.76. The lowest BCUT2D eigenvalue weighted by molar-refractivity contribution is -0.384. The standard InChI is InChI=1S/C11H10FN3O5/c12-7-3-9(15(19)20)8(2-6(7)11(17)18)14-5-1-10(16)13-4-5/h2-3,5,14H,1,4H2,(H,13,16)(H,17,18). The molecule has 8 nitrogen and oxygen atoms in total. The van der Waals surface area contributed by atoms with Gasteiger partial charge in [0.1, 0.15) is 11.5 Å². The highest BCUT2D eigenvalue weighted by atomic mass is 19.1. The number of nitro benzene ring substituents is 1. The van der Waals surface area contributed by atoms with Crippen LogP contribution in [-0.2, 0) is 4.79 Å². The number of nitro groups is 1. The average molecular weight is 283 g/mol. The van der Waals surface area contributed by atoms with Gasteiger partial charge in [-0.1, -0.05) is 0 Å². The number of nitrogens with zero attached hydrogens (tertiary/aromatic N) is 1. The molecule has 1 fully saturated rings. The maximum Gasteiger partial charge on any atom is 0.338 e. The summed E-state index contributed by atoms with van der Waals surface area (Å²) in [5, 5.41) is 24.9. The van der Waals surface area contributed by atoms with E-state index in [0.717, 1.165) is 6.07 Å². The van der Waals surface area contributed by atoms with Crippen molar-refractivity contribution < 1.29 is 24.0 Å². The van der Waals surface area contributed by atoms with Crippen LogP contribution in [0.15, 0.2) is 12.1 Å². The highest BCUT2D eigenvalue weighted by molar-refractivity contribution is 5.90. The van der Waals surface area contributed by atoms with E-state index >= 15 is 0 Å². The summed E-state index contributed by atoms with van der Waals surface area (Å²) in [4.78, 5) is 31.9. The van der Waals surface area contributed by atoms with Crippen molar-refractivity contribution in [2.45, 2.75) is 12.5 Å². The highest BCUT2D eigenvalue weighted by Crippen LogP contribution is 2.29.